The summed E-state index contributed by atoms with van der Waals surface area (Å²) in [4.78, 5) is 1.50. The topological polar surface area (TPSA) is 12.0 Å². The van der Waals surface area contributed by atoms with Crippen LogP contribution in [-0.4, -0.2) is 0 Å². The first kappa shape index (κ1) is 12.9. The number of fused-ring (bicyclic) bond motifs is 2. The van der Waals surface area contributed by atoms with Gasteiger partial charge in [0.15, 0.2) is 0 Å². The zero-order valence-corrected chi connectivity index (χ0v) is 11.8. The fourth-order valence-electron chi connectivity index (χ4n) is 1.96. The molecule has 98 valence electrons. The molecule has 0 aliphatic carbocycles. The van der Waals surface area contributed by atoms with E-state index in [9.17, 15) is 13.2 Å². The first-order valence-electron chi connectivity index (χ1n) is 5.40. The maximum Gasteiger partial charge on any atom is 0.419 e. The van der Waals surface area contributed by atoms with Crippen molar-refractivity contribution < 1.29 is 13.2 Å². The summed E-state index contributed by atoms with van der Waals surface area (Å²) in [5.74, 6) is 0. The average Bonchev–Trinajstić information content (AvgIpc) is 2.34. The second-order valence-electron chi connectivity index (χ2n) is 4.02. The Morgan fingerprint density at radius 2 is 1.74 bits per heavy atom. The van der Waals surface area contributed by atoms with Crippen LogP contribution in [0.15, 0.2) is 50.7 Å². The molecule has 6 heteroatoms. The molecule has 1 heterocycles. The number of para-hydroxylation sites is 1. The summed E-state index contributed by atoms with van der Waals surface area (Å²) < 4.78 is 39.4. The second-order valence-corrected chi connectivity index (χ2v) is 5.95. The molecule has 0 aromatic heterocycles. The van der Waals surface area contributed by atoms with Crippen molar-refractivity contribution in [2.75, 3.05) is 5.32 Å². The fourth-order valence-corrected chi connectivity index (χ4v) is 3.52. The van der Waals surface area contributed by atoms with Gasteiger partial charge in [0.25, 0.3) is 0 Å². The summed E-state index contributed by atoms with van der Waals surface area (Å²) in [6, 6.07) is 10.4. The van der Waals surface area contributed by atoms with Gasteiger partial charge < -0.3 is 5.32 Å². The minimum absolute atomic E-state index is 0.0474. The van der Waals surface area contributed by atoms with E-state index in [1.54, 1.807) is 18.2 Å². The Balaban J connectivity index is 2.19. The van der Waals surface area contributed by atoms with Crippen LogP contribution in [0, 0.1) is 0 Å². The predicted octanol–water partition coefficient (Wildman–Crippen LogP) is 5.68. The molecular formula is C13H7BrF3NS. The predicted molar refractivity (Wildman–Crippen MR) is 73.0 cm³/mol. The highest BCUT2D eigenvalue weighted by atomic mass is 79.9. The van der Waals surface area contributed by atoms with Crippen LogP contribution in [0.1, 0.15) is 5.56 Å². The summed E-state index contributed by atoms with van der Waals surface area (Å²) in [6.45, 7) is 0. The molecule has 0 amide bonds. The Morgan fingerprint density at radius 1 is 1.00 bits per heavy atom. The normalized spacial score (nSPS) is 13.5. The Labute approximate surface area is 120 Å². The summed E-state index contributed by atoms with van der Waals surface area (Å²) in [6.07, 6.45) is -4.40. The largest absolute Gasteiger partial charge is 0.419 e. The van der Waals surface area contributed by atoms with Crippen molar-refractivity contribution in [1.29, 1.82) is 0 Å². The standard InChI is InChI=1S/C13H7BrF3NS/c14-7-5-6-10-12(11(7)13(15,16)17)18-8-3-1-2-4-9(8)19-10/h1-6,18H. The van der Waals surface area contributed by atoms with Crippen molar-refractivity contribution in [3.8, 4) is 0 Å². The summed E-state index contributed by atoms with van der Waals surface area (Å²) in [7, 11) is 0. The Hall–Kier alpha value is -1.14. The van der Waals surface area contributed by atoms with E-state index in [1.807, 2.05) is 12.1 Å². The molecule has 0 fully saturated rings. The van der Waals surface area contributed by atoms with Crippen LogP contribution < -0.4 is 5.32 Å². The lowest BCUT2D eigenvalue weighted by Gasteiger charge is -2.24. The van der Waals surface area contributed by atoms with Gasteiger partial charge in [-0.15, -0.1) is 0 Å². The zero-order chi connectivity index (χ0) is 13.6. The molecule has 1 aliphatic heterocycles. The van der Waals surface area contributed by atoms with Gasteiger partial charge >= 0.3 is 6.18 Å². The van der Waals surface area contributed by atoms with E-state index >= 15 is 0 Å². The van der Waals surface area contributed by atoms with Crippen LogP contribution in [0.2, 0.25) is 0 Å². The van der Waals surface area contributed by atoms with Gasteiger partial charge in [0.2, 0.25) is 0 Å². The molecule has 0 bridgehead atoms. The minimum Gasteiger partial charge on any atom is -0.353 e. The number of benzene rings is 2. The number of rotatable bonds is 0. The highest BCUT2D eigenvalue weighted by Crippen LogP contribution is 2.50. The lowest BCUT2D eigenvalue weighted by Crippen LogP contribution is -2.12. The molecular weight excluding hydrogens is 339 g/mol. The third-order valence-corrected chi connectivity index (χ3v) is 4.56. The zero-order valence-electron chi connectivity index (χ0n) is 9.38. The van der Waals surface area contributed by atoms with E-state index in [4.69, 9.17) is 0 Å². The van der Waals surface area contributed by atoms with Crippen LogP contribution >= 0.6 is 27.7 Å². The van der Waals surface area contributed by atoms with Gasteiger partial charge in [-0.25, -0.2) is 0 Å². The first-order chi connectivity index (χ1) is 8.97. The molecule has 1 aliphatic rings. The maximum absolute atomic E-state index is 13.1. The van der Waals surface area contributed by atoms with Crippen molar-refractivity contribution in [2.24, 2.45) is 0 Å². The lowest BCUT2D eigenvalue weighted by molar-refractivity contribution is -0.137. The SMILES string of the molecule is FC(F)(F)c1c(Br)ccc2c1Nc1ccccc1S2. The van der Waals surface area contributed by atoms with Gasteiger partial charge in [-0.2, -0.15) is 13.2 Å². The molecule has 1 nitrogen and oxygen atoms in total. The van der Waals surface area contributed by atoms with Gasteiger partial charge in [0.1, 0.15) is 0 Å². The van der Waals surface area contributed by atoms with E-state index in [1.165, 1.54) is 17.8 Å². The van der Waals surface area contributed by atoms with Crippen LogP contribution in [0.3, 0.4) is 0 Å². The quantitative estimate of drug-likeness (QED) is 0.562. The van der Waals surface area contributed by atoms with Crippen molar-refractivity contribution in [1.82, 2.24) is 0 Å². The highest BCUT2D eigenvalue weighted by molar-refractivity contribution is 9.10. The van der Waals surface area contributed by atoms with Gasteiger partial charge in [-0.05, 0) is 24.3 Å². The number of hydrogen-bond donors (Lipinski definition) is 1. The summed E-state index contributed by atoms with van der Waals surface area (Å²) >= 11 is 4.32. The number of halogens is 4. The van der Waals surface area contributed by atoms with Gasteiger partial charge in [0, 0.05) is 14.3 Å². The van der Waals surface area contributed by atoms with E-state index in [0.717, 1.165) is 4.90 Å². The minimum atomic E-state index is -4.40. The van der Waals surface area contributed by atoms with Gasteiger partial charge in [0.05, 0.1) is 16.9 Å². The molecule has 2 aromatic carbocycles. The smallest absolute Gasteiger partial charge is 0.353 e. The monoisotopic (exact) mass is 345 g/mol. The van der Waals surface area contributed by atoms with Crippen molar-refractivity contribution >= 4 is 39.1 Å². The van der Waals surface area contributed by atoms with E-state index < -0.39 is 11.7 Å². The second kappa shape index (κ2) is 4.45. The molecule has 0 saturated carbocycles. The fraction of sp³-hybridized carbons (Fsp3) is 0.0769. The number of alkyl halides is 3. The van der Waals surface area contributed by atoms with Crippen LogP contribution in [0.5, 0.6) is 0 Å². The molecule has 2 aromatic rings. The van der Waals surface area contributed by atoms with Gasteiger partial charge in [-0.3, -0.25) is 0 Å². The lowest BCUT2D eigenvalue weighted by atomic mass is 10.1. The molecule has 19 heavy (non-hydrogen) atoms. The van der Waals surface area contributed by atoms with Gasteiger partial charge in [-0.1, -0.05) is 39.8 Å². The highest BCUT2D eigenvalue weighted by Gasteiger charge is 2.38. The van der Waals surface area contributed by atoms with E-state index in [2.05, 4.69) is 21.2 Å². The molecule has 0 saturated heterocycles. The number of anilines is 2. The molecule has 0 spiro atoms. The Kier molecular flexibility index (Phi) is 3.02. The van der Waals surface area contributed by atoms with Crippen molar-refractivity contribution in [3.05, 3.63) is 46.4 Å². The number of hydrogen-bond acceptors (Lipinski definition) is 2. The Morgan fingerprint density at radius 3 is 2.47 bits per heavy atom. The van der Waals surface area contributed by atoms with Crippen molar-refractivity contribution in [3.63, 3.8) is 0 Å². The molecule has 1 N–H and O–H groups in total. The first-order valence-corrected chi connectivity index (χ1v) is 7.01. The van der Waals surface area contributed by atoms with E-state index in [-0.39, 0.29) is 10.2 Å². The van der Waals surface area contributed by atoms with Crippen molar-refractivity contribution in [2.45, 2.75) is 16.0 Å². The van der Waals surface area contributed by atoms with Crippen LogP contribution in [-0.2, 0) is 6.18 Å². The van der Waals surface area contributed by atoms with Crippen LogP contribution in [0.4, 0.5) is 24.5 Å². The van der Waals surface area contributed by atoms with E-state index in [0.29, 0.717) is 10.6 Å². The molecule has 0 atom stereocenters. The average molecular weight is 346 g/mol. The third kappa shape index (κ3) is 2.23. The molecule has 3 rings (SSSR count). The summed E-state index contributed by atoms with van der Waals surface area (Å²) in [5.41, 5.74) is 0.154. The summed E-state index contributed by atoms with van der Waals surface area (Å²) in [5, 5.41) is 2.89. The van der Waals surface area contributed by atoms with Crippen LogP contribution in [0.25, 0.3) is 0 Å². The third-order valence-electron chi connectivity index (χ3n) is 2.77. The Bertz CT molecular complexity index is 655. The maximum atomic E-state index is 13.1. The molecule has 0 unspecified atom stereocenters. The molecule has 0 radical (unpaired) electrons. The number of nitrogens with one attached hydrogen (secondary N) is 1.